The van der Waals surface area contributed by atoms with Crippen LogP contribution < -0.4 is 0 Å². The first-order valence-corrected chi connectivity index (χ1v) is 8.51. The third kappa shape index (κ3) is 4.11. The molecule has 2 amide bonds. The van der Waals surface area contributed by atoms with Crippen LogP contribution in [0.5, 0.6) is 0 Å². The summed E-state index contributed by atoms with van der Waals surface area (Å²) < 4.78 is 5.20. The van der Waals surface area contributed by atoms with Gasteiger partial charge in [-0.05, 0) is 18.2 Å². The molecule has 1 saturated heterocycles. The van der Waals surface area contributed by atoms with Crippen LogP contribution in [0, 0.1) is 0 Å². The van der Waals surface area contributed by atoms with Crippen LogP contribution in [0.1, 0.15) is 12.7 Å². The monoisotopic (exact) mass is 382 g/mol. The molecule has 1 aliphatic heterocycles. The van der Waals surface area contributed by atoms with Crippen molar-refractivity contribution in [1.29, 1.82) is 0 Å². The van der Waals surface area contributed by atoms with E-state index in [1.807, 2.05) is 0 Å². The maximum Gasteiger partial charge on any atom is 0.257 e. The van der Waals surface area contributed by atoms with E-state index in [2.05, 4.69) is 10.1 Å². The van der Waals surface area contributed by atoms with Gasteiger partial charge in [-0.25, -0.2) is 0 Å². The topological polar surface area (TPSA) is 79.5 Å². The predicted octanol–water partition coefficient (Wildman–Crippen LogP) is 2.28. The zero-order chi connectivity index (χ0) is 18.0. The van der Waals surface area contributed by atoms with Crippen molar-refractivity contribution in [3.05, 3.63) is 34.1 Å². The van der Waals surface area contributed by atoms with Crippen molar-refractivity contribution in [2.75, 3.05) is 26.2 Å². The molecule has 1 aromatic heterocycles. The molecule has 0 N–H and O–H groups in total. The van der Waals surface area contributed by atoms with Crippen LogP contribution in [-0.2, 0) is 16.0 Å². The van der Waals surface area contributed by atoms with E-state index in [0.717, 1.165) is 0 Å². The van der Waals surface area contributed by atoms with Crippen LogP contribution in [0.2, 0.25) is 10.0 Å². The lowest BCUT2D eigenvalue weighted by Crippen LogP contribution is -2.50. The lowest BCUT2D eigenvalue weighted by atomic mass is 10.2. The fourth-order valence-corrected chi connectivity index (χ4v) is 2.89. The first-order valence-electron chi connectivity index (χ1n) is 7.75. The molecule has 1 aliphatic rings. The van der Waals surface area contributed by atoms with E-state index < -0.39 is 0 Å². The number of benzene rings is 1. The van der Waals surface area contributed by atoms with Crippen LogP contribution in [0.3, 0.4) is 0 Å². The van der Waals surface area contributed by atoms with Gasteiger partial charge in [0.25, 0.3) is 5.89 Å². The van der Waals surface area contributed by atoms with Gasteiger partial charge in [0.15, 0.2) is 5.82 Å². The second-order valence-corrected chi connectivity index (χ2v) is 6.52. The first-order chi connectivity index (χ1) is 11.9. The first kappa shape index (κ1) is 17.7. The van der Waals surface area contributed by atoms with Crippen molar-refractivity contribution < 1.29 is 14.1 Å². The van der Waals surface area contributed by atoms with Gasteiger partial charge in [0.05, 0.1) is 16.5 Å². The van der Waals surface area contributed by atoms with Gasteiger partial charge < -0.3 is 14.3 Å². The Kier molecular flexibility index (Phi) is 5.24. The maximum atomic E-state index is 12.4. The molecule has 1 aromatic carbocycles. The number of halogens is 2. The smallest absolute Gasteiger partial charge is 0.257 e. The van der Waals surface area contributed by atoms with Gasteiger partial charge in [0.2, 0.25) is 11.8 Å². The number of rotatable bonds is 3. The highest BCUT2D eigenvalue weighted by Crippen LogP contribution is 2.27. The average Bonchev–Trinajstić information content (AvgIpc) is 3.06. The molecule has 2 heterocycles. The Hall–Kier alpha value is -2.12. The Morgan fingerprint density at radius 3 is 2.44 bits per heavy atom. The van der Waals surface area contributed by atoms with Crippen molar-refractivity contribution in [3.63, 3.8) is 0 Å². The van der Waals surface area contributed by atoms with Gasteiger partial charge in [-0.3, -0.25) is 9.59 Å². The van der Waals surface area contributed by atoms with E-state index in [1.165, 1.54) is 6.92 Å². The van der Waals surface area contributed by atoms with Crippen LogP contribution in [-0.4, -0.2) is 57.9 Å². The zero-order valence-corrected chi connectivity index (χ0v) is 15.0. The van der Waals surface area contributed by atoms with Crippen molar-refractivity contribution in [2.45, 2.75) is 13.3 Å². The lowest BCUT2D eigenvalue weighted by molar-refractivity contribution is -0.138. The zero-order valence-electron chi connectivity index (χ0n) is 13.5. The molecule has 9 heteroatoms. The molecule has 0 bridgehead atoms. The summed E-state index contributed by atoms with van der Waals surface area (Å²) in [7, 11) is 0. The number of hydrogen-bond donors (Lipinski definition) is 0. The molecule has 25 heavy (non-hydrogen) atoms. The molecule has 2 aromatic rings. The summed E-state index contributed by atoms with van der Waals surface area (Å²) in [5, 5.41) is 4.67. The SMILES string of the molecule is CC(=O)N1CCN(C(=O)Cc2noc(-c3ccc(Cl)c(Cl)c3)n2)CC1. The number of carbonyl (C=O) groups excluding carboxylic acids is 2. The second-order valence-electron chi connectivity index (χ2n) is 5.71. The summed E-state index contributed by atoms with van der Waals surface area (Å²) in [6.45, 7) is 3.64. The fraction of sp³-hybridized carbons (Fsp3) is 0.375. The number of hydrogen-bond acceptors (Lipinski definition) is 5. The third-order valence-corrected chi connectivity index (χ3v) is 4.76. The average molecular weight is 383 g/mol. The molecule has 132 valence electrons. The molecular formula is C16H16Cl2N4O3. The van der Waals surface area contributed by atoms with Gasteiger partial charge in [-0.1, -0.05) is 28.4 Å². The minimum atomic E-state index is -0.0929. The molecule has 1 fully saturated rings. The van der Waals surface area contributed by atoms with Crippen molar-refractivity contribution in [1.82, 2.24) is 19.9 Å². The minimum absolute atomic E-state index is 0.0246. The van der Waals surface area contributed by atoms with Crippen LogP contribution in [0.4, 0.5) is 0 Å². The Balaban J connectivity index is 1.62. The van der Waals surface area contributed by atoms with Crippen LogP contribution >= 0.6 is 23.2 Å². The molecule has 0 aliphatic carbocycles. The highest BCUT2D eigenvalue weighted by molar-refractivity contribution is 6.42. The molecule has 0 spiro atoms. The molecule has 3 rings (SSSR count). The third-order valence-electron chi connectivity index (χ3n) is 4.02. The second kappa shape index (κ2) is 7.41. The van der Waals surface area contributed by atoms with E-state index in [0.29, 0.717) is 47.6 Å². The standard InChI is InChI=1S/C16H16Cl2N4O3/c1-10(23)21-4-6-22(7-5-21)15(24)9-14-19-16(25-20-14)11-2-3-12(17)13(18)8-11/h2-3,8H,4-7,9H2,1H3. The minimum Gasteiger partial charge on any atom is -0.339 e. The Morgan fingerprint density at radius 1 is 1.12 bits per heavy atom. The molecule has 0 saturated carbocycles. The van der Waals surface area contributed by atoms with Gasteiger partial charge >= 0.3 is 0 Å². The van der Waals surface area contributed by atoms with Gasteiger partial charge in [-0.2, -0.15) is 4.98 Å². The summed E-state index contributed by atoms with van der Waals surface area (Å²) in [6, 6.07) is 4.99. The Morgan fingerprint density at radius 2 is 1.80 bits per heavy atom. The van der Waals surface area contributed by atoms with Crippen molar-refractivity contribution in [3.8, 4) is 11.5 Å². The Labute approximate surface area is 154 Å². The van der Waals surface area contributed by atoms with Crippen molar-refractivity contribution in [2.24, 2.45) is 0 Å². The van der Waals surface area contributed by atoms with Crippen molar-refractivity contribution >= 4 is 35.0 Å². The molecule has 7 nitrogen and oxygen atoms in total. The quantitative estimate of drug-likeness (QED) is 0.813. The van der Waals surface area contributed by atoms with Gasteiger partial charge in [-0.15, -0.1) is 0 Å². The van der Waals surface area contributed by atoms with E-state index in [-0.39, 0.29) is 24.1 Å². The highest BCUT2D eigenvalue weighted by atomic mass is 35.5. The number of carbonyl (C=O) groups is 2. The fourth-order valence-electron chi connectivity index (χ4n) is 2.59. The summed E-state index contributed by atoms with van der Waals surface area (Å²) in [5.41, 5.74) is 0.635. The van der Waals surface area contributed by atoms with E-state index in [9.17, 15) is 9.59 Å². The molecule has 0 unspecified atom stereocenters. The molecular weight excluding hydrogens is 367 g/mol. The highest BCUT2D eigenvalue weighted by Gasteiger charge is 2.23. The van der Waals surface area contributed by atoms with E-state index in [4.69, 9.17) is 27.7 Å². The Bertz CT molecular complexity index is 800. The normalized spacial score (nSPS) is 14.7. The number of nitrogens with zero attached hydrogens (tertiary/aromatic N) is 4. The van der Waals surface area contributed by atoms with E-state index in [1.54, 1.807) is 28.0 Å². The van der Waals surface area contributed by atoms with E-state index >= 15 is 0 Å². The lowest BCUT2D eigenvalue weighted by Gasteiger charge is -2.34. The summed E-state index contributed by atoms with van der Waals surface area (Å²) >= 11 is 11.9. The van der Waals surface area contributed by atoms with Crippen LogP contribution in [0.25, 0.3) is 11.5 Å². The number of piperazine rings is 1. The van der Waals surface area contributed by atoms with Crippen LogP contribution in [0.15, 0.2) is 22.7 Å². The molecule has 0 radical (unpaired) electrons. The summed E-state index contributed by atoms with van der Waals surface area (Å²) in [4.78, 5) is 31.3. The summed E-state index contributed by atoms with van der Waals surface area (Å²) in [6.07, 6.45) is 0.0465. The predicted molar refractivity (Wildman–Crippen MR) is 92.3 cm³/mol. The number of aromatic nitrogens is 2. The summed E-state index contributed by atoms with van der Waals surface area (Å²) in [5.74, 6) is 0.518. The van der Waals surface area contributed by atoms with Gasteiger partial charge in [0, 0.05) is 38.7 Å². The van der Waals surface area contributed by atoms with Gasteiger partial charge in [0.1, 0.15) is 0 Å². The largest absolute Gasteiger partial charge is 0.339 e. The number of amides is 2. The maximum absolute atomic E-state index is 12.4. The molecule has 0 atom stereocenters.